The first-order valence-corrected chi connectivity index (χ1v) is 14.8. The molecule has 0 bridgehead atoms. The molecule has 3 saturated heterocycles. The molecule has 0 radical (unpaired) electrons. The van der Waals surface area contributed by atoms with Crippen LogP contribution in [0.3, 0.4) is 0 Å². The van der Waals surface area contributed by atoms with Gasteiger partial charge in [0.1, 0.15) is 6.17 Å². The summed E-state index contributed by atoms with van der Waals surface area (Å²) in [5.41, 5.74) is 4.08. The summed E-state index contributed by atoms with van der Waals surface area (Å²) < 4.78 is 23.5. The average Bonchev–Trinajstić information content (AvgIpc) is 3.56. The minimum atomic E-state index is -0.786. The summed E-state index contributed by atoms with van der Waals surface area (Å²) in [6.45, 7) is 9.30. The molecule has 3 aromatic heterocycles. The molecular formula is C29H34FN7OS. The average molecular weight is 548 g/mol. The Morgan fingerprint density at radius 1 is 1.05 bits per heavy atom. The van der Waals surface area contributed by atoms with Gasteiger partial charge in [-0.15, -0.1) is 11.3 Å². The van der Waals surface area contributed by atoms with E-state index < -0.39 is 6.17 Å². The molecule has 4 aromatic rings. The highest BCUT2D eigenvalue weighted by Gasteiger charge is 2.35. The zero-order chi connectivity index (χ0) is 26.3. The fraction of sp³-hybridized carbons (Fsp3) is 0.483. The second kappa shape index (κ2) is 10.6. The van der Waals surface area contributed by atoms with Crippen LogP contribution in [0.15, 0.2) is 42.6 Å². The Morgan fingerprint density at radius 2 is 1.92 bits per heavy atom. The Kier molecular flexibility index (Phi) is 6.80. The number of fused-ring (bicyclic) bond motifs is 1. The topological polar surface area (TPSA) is 62.6 Å². The standard InChI is InChI=1S/C29H34FN7OS/c1-20-4-2-5-21(16-20)24-6-11-37(33-24)29-31-25-17-22(39-27(25)28(32-29)36-12-14-38-15-13-36)18-34-10-7-26(23(30)19-34)35-8-3-9-35/h2,4-6,11,16-17,23,26H,3,7-10,12-15,18-19H2,1H3. The molecule has 204 valence electrons. The van der Waals surface area contributed by atoms with Gasteiger partial charge in [0.25, 0.3) is 5.95 Å². The number of aromatic nitrogens is 4. The molecule has 0 saturated carbocycles. The number of hydrogen-bond acceptors (Lipinski definition) is 8. The number of nitrogens with zero attached hydrogens (tertiary/aromatic N) is 7. The largest absolute Gasteiger partial charge is 0.378 e. The smallest absolute Gasteiger partial charge is 0.253 e. The van der Waals surface area contributed by atoms with Crippen LogP contribution in [0.25, 0.3) is 27.4 Å². The van der Waals surface area contributed by atoms with Crippen molar-refractivity contribution in [2.75, 3.05) is 57.4 Å². The molecular weight excluding hydrogens is 513 g/mol. The molecule has 3 aliphatic heterocycles. The van der Waals surface area contributed by atoms with Crippen molar-refractivity contribution in [1.29, 1.82) is 0 Å². The van der Waals surface area contributed by atoms with Crippen LogP contribution >= 0.6 is 11.3 Å². The van der Waals surface area contributed by atoms with Gasteiger partial charge in [-0.2, -0.15) is 10.1 Å². The Bertz CT molecular complexity index is 1460. The van der Waals surface area contributed by atoms with Crippen LogP contribution in [0.2, 0.25) is 0 Å². The maximum absolute atomic E-state index is 15.0. The Balaban J connectivity index is 1.18. The molecule has 0 N–H and O–H groups in total. The molecule has 0 spiro atoms. The van der Waals surface area contributed by atoms with Gasteiger partial charge in [-0.05, 0) is 51.1 Å². The van der Waals surface area contributed by atoms with Gasteiger partial charge in [-0.1, -0.05) is 23.8 Å². The van der Waals surface area contributed by atoms with E-state index in [2.05, 4.69) is 45.9 Å². The maximum atomic E-state index is 15.0. The number of likely N-dealkylation sites (tertiary alicyclic amines) is 2. The number of benzene rings is 1. The lowest BCUT2D eigenvalue weighted by atomic mass is 9.98. The molecule has 0 amide bonds. The molecule has 10 heteroatoms. The Hall–Kier alpha value is -2.92. The third-order valence-corrected chi connectivity index (χ3v) is 9.25. The number of hydrogen-bond donors (Lipinski definition) is 0. The van der Waals surface area contributed by atoms with Gasteiger partial charge in [0.15, 0.2) is 5.82 Å². The molecule has 8 nitrogen and oxygen atoms in total. The third kappa shape index (κ3) is 5.06. The van der Waals surface area contributed by atoms with Crippen LogP contribution in [0.4, 0.5) is 10.2 Å². The normalized spacial score (nSPS) is 22.9. The monoisotopic (exact) mass is 547 g/mol. The highest BCUT2D eigenvalue weighted by atomic mass is 32.1. The molecule has 39 heavy (non-hydrogen) atoms. The zero-order valence-corrected chi connectivity index (χ0v) is 23.1. The van der Waals surface area contributed by atoms with Gasteiger partial charge < -0.3 is 9.64 Å². The SMILES string of the molecule is Cc1cccc(-c2ccn(-c3nc(N4CCOCC4)c4sc(CN5CCC(N6CCC6)C(F)C5)cc4n3)n2)c1. The highest BCUT2D eigenvalue weighted by Crippen LogP contribution is 2.35. The van der Waals surface area contributed by atoms with Crippen molar-refractivity contribution in [3.8, 4) is 17.2 Å². The number of rotatable bonds is 6. The predicted octanol–water partition coefficient (Wildman–Crippen LogP) is 4.31. The summed E-state index contributed by atoms with van der Waals surface area (Å²) >= 11 is 1.73. The van der Waals surface area contributed by atoms with E-state index >= 15 is 4.39 Å². The second-order valence-electron chi connectivity index (χ2n) is 10.9. The van der Waals surface area contributed by atoms with E-state index in [0.29, 0.717) is 25.7 Å². The fourth-order valence-corrected chi connectivity index (χ4v) is 7.07. The van der Waals surface area contributed by atoms with Gasteiger partial charge in [0.05, 0.1) is 29.1 Å². The van der Waals surface area contributed by atoms with Crippen LogP contribution < -0.4 is 4.90 Å². The van der Waals surface area contributed by atoms with Gasteiger partial charge >= 0.3 is 0 Å². The van der Waals surface area contributed by atoms with Crippen molar-refractivity contribution >= 4 is 27.4 Å². The highest BCUT2D eigenvalue weighted by molar-refractivity contribution is 7.19. The van der Waals surface area contributed by atoms with E-state index in [1.807, 2.05) is 18.3 Å². The van der Waals surface area contributed by atoms with Gasteiger partial charge in [-0.3, -0.25) is 9.80 Å². The number of halogens is 1. The lowest BCUT2D eigenvalue weighted by Crippen LogP contribution is -2.56. The Morgan fingerprint density at radius 3 is 2.69 bits per heavy atom. The van der Waals surface area contributed by atoms with E-state index in [1.165, 1.54) is 16.9 Å². The van der Waals surface area contributed by atoms with Crippen LogP contribution in [-0.4, -0.2) is 94.2 Å². The van der Waals surface area contributed by atoms with Crippen LogP contribution in [-0.2, 0) is 11.3 Å². The maximum Gasteiger partial charge on any atom is 0.253 e. The van der Waals surface area contributed by atoms with E-state index in [-0.39, 0.29) is 6.04 Å². The first-order valence-electron chi connectivity index (χ1n) is 14.0. The molecule has 3 fully saturated rings. The van der Waals surface area contributed by atoms with Gasteiger partial charge in [0.2, 0.25) is 0 Å². The first-order chi connectivity index (χ1) is 19.1. The van der Waals surface area contributed by atoms with Crippen molar-refractivity contribution in [3.05, 3.63) is 53.0 Å². The molecule has 2 unspecified atom stereocenters. The summed E-state index contributed by atoms with van der Waals surface area (Å²) in [6.07, 6.45) is 3.25. The third-order valence-electron chi connectivity index (χ3n) is 8.14. The number of alkyl halides is 1. The van der Waals surface area contributed by atoms with Crippen LogP contribution in [0.5, 0.6) is 0 Å². The summed E-state index contributed by atoms with van der Waals surface area (Å²) in [5.74, 6) is 1.49. The van der Waals surface area contributed by atoms with E-state index in [0.717, 1.165) is 73.0 Å². The summed E-state index contributed by atoms with van der Waals surface area (Å²) in [4.78, 5) is 18.0. The number of thiophene rings is 1. The lowest BCUT2D eigenvalue weighted by Gasteiger charge is -2.44. The molecule has 0 aliphatic carbocycles. The molecule has 6 heterocycles. The molecule has 3 aliphatic rings. The van der Waals surface area contributed by atoms with E-state index in [1.54, 1.807) is 16.0 Å². The number of aryl methyl sites for hydroxylation is 1. The zero-order valence-electron chi connectivity index (χ0n) is 22.3. The molecule has 1 aromatic carbocycles. The second-order valence-corrected chi connectivity index (χ2v) is 12.0. The van der Waals surface area contributed by atoms with Gasteiger partial charge in [-0.25, -0.2) is 14.1 Å². The van der Waals surface area contributed by atoms with Crippen molar-refractivity contribution < 1.29 is 9.13 Å². The number of piperidine rings is 1. The van der Waals surface area contributed by atoms with Crippen LogP contribution in [0, 0.1) is 6.92 Å². The van der Waals surface area contributed by atoms with E-state index in [9.17, 15) is 0 Å². The quantitative estimate of drug-likeness (QED) is 0.357. The summed E-state index contributed by atoms with van der Waals surface area (Å²) in [5, 5.41) is 4.82. The van der Waals surface area contributed by atoms with Crippen molar-refractivity contribution in [3.63, 3.8) is 0 Å². The lowest BCUT2D eigenvalue weighted by molar-refractivity contribution is 0.00228. The molecule has 7 rings (SSSR count). The van der Waals surface area contributed by atoms with Crippen molar-refractivity contribution in [2.24, 2.45) is 0 Å². The summed E-state index contributed by atoms with van der Waals surface area (Å²) in [7, 11) is 0. The number of morpholine rings is 1. The van der Waals surface area contributed by atoms with E-state index in [4.69, 9.17) is 19.8 Å². The van der Waals surface area contributed by atoms with Crippen molar-refractivity contribution in [2.45, 2.75) is 38.5 Å². The molecule has 2 atom stereocenters. The minimum absolute atomic E-state index is 0.0949. The minimum Gasteiger partial charge on any atom is -0.378 e. The summed E-state index contributed by atoms with van der Waals surface area (Å²) in [6, 6.07) is 12.6. The Labute approximate surface area is 232 Å². The van der Waals surface area contributed by atoms with Crippen LogP contribution in [0.1, 0.15) is 23.3 Å². The van der Waals surface area contributed by atoms with Crippen molar-refractivity contribution in [1.82, 2.24) is 29.5 Å². The first kappa shape index (κ1) is 25.1. The fourth-order valence-electron chi connectivity index (χ4n) is 5.92. The number of anilines is 1. The number of ether oxygens (including phenoxy) is 1. The predicted molar refractivity (Wildman–Crippen MR) is 153 cm³/mol. The van der Waals surface area contributed by atoms with Gasteiger partial charge in [0, 0.05) is 55.4 Å².